The van der Waals surface area contributed by atoms with Crippen LogP contribution in [0.3, 0.4) is 0 Å². The maximum absolute atomic E-state index is 11.9. The van der Waals surface area contributed by atoms with E-state index in [1.54, 1.807) is 19.1 Å². The van der Waals surface area contributed by atoms with Crippen LogP contribution in [0.25, 0.3) is 0 Å². The highest BCUT2D eigenvalue weighted by molar-refractivity contribution is 5.93. The summed E-state index contributed by atoms with van der Waals surface area (Å²) in [5, 5.41) is 10.6. The van der Waals surface area contributed by atoms with Crippen molar-refractivity contribution in [1.29, 1.82) is 0 Å². The third kappa shape index (κ3) is 5.98. The zero-order valence-electron chi connectivity index (χ0n) is 13.1. The summed E-state index contributed by atoms with van der Waals surface area (Å²) in [5.41, 5.74) is 0.653. The van der Waals surface area contributed by atoms with Crippen LogP contribution in [-0.4, -0.2) is 37.0 Å². The van der Waals surface area contributed by atoms with Crippen molar-refractivity contribution >= 4 is 23.5 Å². The summed E-state index contributed by atoms with van der Waals surface area (Å²) in [4.78, 5) is 35.0. The van der Waals surface area contributed by atoms with Crippen LogP contribution in [0.15, 0.2) is 30.3 Å². The van der Waals surface area contributed by atoms with Crippen molar-refractivity contribution in [1.82, 2.24) is 16.0 Å². The molecule has 7 nitrogen and oxygen atoms in total. The summed E-state index contributed by atoms with van der Waals surface area (Å²) >= 11 is 0. The van der Waals surface area contributed by atoms with Crippen molar-refractivity contribution in [2.45, 2.75) is 25.8 Å². The van der Waals surface area contributed by atoms with Gasteiger partial charge in [-0.2, -0.15) is 0 Å². The van der Waals surface area contributed by atoms with Gasteiger partial charge in [0.05, 0.1) is 0 Å². The fourth-order valence-electron chi connectivity index (χ4n) is 1.97. The zero-order chi connectivity index (χ0) is 16.7. The first kappa shape index (κ1) is 16.8. The lowest BCUT2D eigenvalue weighted by Crippen LogP contribution is -2.47. The molecule has 4 N–H and O–H groups in total. The highest BCUT2D eigenvalue weighted by atomic mass is 16.2. The number of nitrogens with one attached hydrogen (secondary N) is 4. The fraction of sp³-hybridized carbons (Fsp3) is 0.438. The van der Waals surface area contributed by atoms with Crippen LogP contribution in [0, 0.1) is 5.92 Å². The SMILES string of the molecule is CC(NC(=O)Nc1ccccc1)C(=O)NCCNC(=O)C1CC1. The maximum atomic E-state index is 11.9. The molecule has 0 heterocycles. The third-order valence-corrected chi connectivity index (χ3v) is 3.44. The van der Waals surface area contributed by atoms with Crippen LogP contribution in [0.5, 0.6) is 0 Å². The Balaban J connectivity index is 1.61. The molecule has 124 valence electrons. The molecule has 1 fully saturated rings. The monoisotopic (exact) mass is 318 g/mol. The zero-order valence-corrected chi connectivity index (χ0v) is 13.1. The molecule has 1 unspecified atom stereocenters. The van der Waals surface area contributed by atoms with Gasteiger partial charge in [0, 0.05) is 24.7 Å². The number of rotatable bonds is 7. The van der Waals surface area contributed by atoms with Crippen LogP contribution in [0.2, 0.25) is 0 Å². The van der Waals surface area contributed by atoms with E-state index in [-0.39, 0.29) is 17.7 Å². The summed E-state index contributed by atoms with van der Waals surface area (Å²) in [6, 6.07) is 7.86. The lowest BCUT2D eigenvalue weighted by Gasteiger charge is -2.15. The smallest absolute Gasteiger partial charge is 0.319 e. The Labute approximate surface area is 135 Å². The Hall–Kier alpha value is -2.57. The van der Waals surface area contributed by atoms with Gasteiger partial charge in [-0.05, 0) is 31.9 Å². The Kier molecular flexibility index (Phi) is 5.96. The Morgan fingerprint density at radius 3 is 2.39 bits per heavy atom. The van der Waals surface area contributed by atoms with Gasteiger partial charge in [-0.25, -0.2) is 4.79 Å². The molecule has 0 bridgehead atoms. The second-order valence-electron chi connectivity index (χ2n) is 5.54. The first-order chi connectivity index (χ1) is 11.1. The van der Waals surface area contributed by atoms with Gasteiger partial charge < -0.3 is 21.3 Å². The first-order valence-corrected chi connectivity index (χ1v) is 7.74. The summed E-state index contributed by atoms with van der Waals surface area (Å²) in [5.74, 6) is -0.0884. The third-order valence-electron chi connectivity index (χ3n) is 3.44. The Bertz CT molecular complexity index is 558. The topological polar surface area (TPSA) is 99.3 Å². The molecule has 1 aliphatic rings. The molecule has 1 atom stereocenters. The van der Waals surface area contributed by atoms with E-state index < -0.39 is 12.1 Å². The molecule has 1 aromatic rings. The second-order valence-corrected chi connectivity index (χ2v) is 5.54. The number of para-hydroxylation sites is 1. The van der Waals surface area contributed by atoms with E-state index in [1.165, 1.54) is 0 Å². The molecule has 0 aliphatic heterocycles. The van der Waals surface area contributed by atoms with E-state index in [2.05, 4.69) is 21.3 Å². The van der Waals surface area contributed by atoms with Crippen molar-refractivity contribution in [2.75, 3.05) is 18.4 Å². The molecule has 2 rings (SSSR count). The number of hydrogen-bond donors (Lipinski definition) is 4. The summed E-state index contributed by atoms with van der Waals surface area (Å²) in [6.45, 7) is 2.33. The van der Waals surface area contributed by atoms with Crippen molar-refractivity contribution in [3.8, 4) is 0 Å². The van der Waals surface area contributed by atoms with Crippen molar-refractivity contribution in [3.05, 3.63) is 30.3 Å². The minimum absolute atomic E-state index is 0.0488. The highest BCUT2D eigenvalue weighted by Crippen LogP contribution is 2.28. The number of benzene rings is 1. The number of carbonyl (C=O) groups excluding carboxylic acids is 3. The van der Waals surface area contributed by atoms with Gasteiger partial charge in [-0.1, -0.05) is 18.2 Å². The predicted molar refractivity (Wildman–Crippen MR) is 86.8 cm³/mol. The van der Waals surface area contributed by atoms with Gasteiger partial charge in [0.25, 0.3) is 0 Å². The molecule has 1 aromatic carbocycles. The molecule has 7 heteroatoms. The molecule has 0 spiro atoms. The standard InChI is InChI=1S/C16H22N4O3/c1-11(19-16(23)20-13-5-3-2-4-6-13)14(21)17-9-10-18-15(22)12-7-8-12/h2-6,11-12H,7-10H2,1H3,(H,17,21)(H,18,22)(H2,19,20,23). The van der Waals surface area contributed by atoms with Gasteiger partial charge in [0.15, 0.2) is 0 Å². The molecule has 0 saturated heterocycles. The van der Waals surface area contributed by atoms with Gasteiger partial charge >= 0.3 is 6.03 Å². The van der Waals surface area contributed by atoms with E-state index in [0.717, 1.165) is 12.8 Å². The summed E-state index contributed by atoms with van der Waals surface area (Å²) in [6.07, 6.45) is 1.91. The van der Waals surface area contributed by atoms with E-state index in [4.69, 9.17) is 0 Å². The molecular weight excluding hydrogens is 296 g/mol. The summed E-state index contributed by atoms with van der Waals surface area (Å²) < 4.78 is 0. The van der Waals surface area contributed by atoms with Crippen LogP contribution >= 0.6 is 0 Å². The second kappa shape index (κ2) is 8.17. The molecule has 1 aliphatic carbocycles. The molecule has 0 radical (unpaired) electrons. The minimum atomic E-state index is -0.669. The quantitative estimate of drug-likeness (QED) is 0.561. The maximum Gasteiger partial charge on any atom is 0.319 e. The highest BCUT2D eigenvalue weighted by Gasteiger charge is 2.29. The number of amides is 4. The van der Waals surface area contributed by atoms with E-state index in [0.29, 0.717) is 18.8 Å². The molecule has 4 amide bonds. The van der Waals surface area contributed by atoms with Crippen molar-refractivity contribution in [2.24, 2.45) is 5.92 Å². The average Bonchev–Trinajstić information content (AvgIpc) is 3.36. The van der Waals surface area contributed by atoms with Gasteiger partial charge in [-0.3, -0.25) is 9.59 Å². The summed E-state index contributed by atoms with van der Waals surface area (Å²) in [7, 11) is 0. The normalized spacial score (nSPS) is 14.5. The fourth-order valence-corrected chi connectivity index (χ4v) is 1.97. The van der Waals surface area contributed by atoms with E-state index in [9.17, 15) is 14.4 Å². The predicted octanol–water partition coefficient (Wildman–Crippen LogP) is 0.839. The van der Waals surface area contributed by atoms with Crippen LogP contribution in [-0.2, 0) is 9.59 Å². The van der Waals surface area contributed by atoms with Crippen LogP contribution in [0.4, 0.5) is 10.5 Å². The number of carbonyl (C=O) groups is 3. The van der Waals surface area contributed by atoms with Crippen LogP contribution < -0.4 is 21.3 Å². The molecule has 0 aromatic heterocycles. The van der Waals surface area contributed by atoms with Crippen molar-refractivity contribution in [3.63, 3.8) is 0 Å². The van der Waals surface area contributed by atoms with Crippen LogP contribution in [0.1, 0.15) is 19.8 Å². The average molecular weight is 318 g/mol. The largest absolute Gasteiger partial charge is 0.354 e. The van der Waals surface area contributed by atoms with Gasteiger partial charge in [-0.15, -0.1) is 0 Å². The lowest BCUT2D eigenvalue weighted by molar-refractivity contribution is -0.124. The molecular formula is C16H22N4O3. The molecule has 23 heavy (non-hydrogen) atoms. The lowest BCUT2D eigenvalue weighted by atomic mass is 10.3. The number of hydrogen-bond acceptors (Lipinski definition) is 3. The number of anilines is 1. The first-order valence-electron chi connectivity index (χ1n) is 7.74. The Morgan fingerprint density at radius 2 is 1.74 bits per heavy atom. The van der Waals surface area contributed by atoms with Crippen molar-refractivity contribution < 1.29 is 14.4 Å². The Morgan fingerprint density at radius 1 is 1.09 bits per heavy atom. The van der Waals surface area contributed by atoms with E-state index >= 15 is 0 Å². The van der Waals surface area contributed by atoms with Gasteiger partial charge in [0.2, 0.25) is 11.8 Å². The van der Waals surface area contributed by atoms with E-state index in [1.807, 2.05) is 18.2 Å². The van der Waals surface area contributed by atoms with Gasteiger partial charge in [0.1, 0.15) is 6.04 Å². The number of urea groups is 1. The molecule has 1 saturated carbocycles. The minimum Gasteiger partial charge on any atom is -0.354 e.